The van der Waals surface area contributed by atoms with Gasteiger partial charge in [0.2, 0.25) is 0 Å². The zero-order chi connectivity index (χ0) is 11.4. The van der Waals surface area contributed by atoms with Gasteiger partial charge in [-0.2, -0.15) is 0 Å². The third-order valence-electron chi connectivity index (χ3n) is 1.94. The molecule has 0 bridgehead atoms. The summed E-state index contributed by atoms with van der Waals surface area (Å²) in [4.78, 5) is 11.5. The van der Waals surface area contributed by atoms with Crippen molar-refractivity contribution >= 4 is 17.2 Å². The molecule has 2 aromatic heterocycles. The van der Waals surface area contributed by atoms with Gasteiger partial charge in [-0.15, -0.1) is 21.5 Å². The summed E-state index contributed by atoms with van der Waals surface area (Å²) in [5.74, 6) is 0.125. The molecule has 0 aliphatic rings. The fourth-order valence-corrected chi connectivity index (χ4v) is 1.92. The lowest BCUT2D eigenvalue weighted by molar-refractivity contribution is 0.0926. The van der Waals surface area contributed by atoms with Gasteiger partial charge in [-0.25, -0.2) is 0 Å². The molecule has 1 amide bonds. The highest BCUT2D eigenvalue weighted by Gasteiger charge is 2.07. The van der Waals surface area contributed by atoms with Gasteiger partial charge in [0.15, 0.2) is 5.76 Å². The molecular formula is C10H11N3O2S. The monoisotopic (exact) mass is 237 g/mol. The molecule has 0 aliphatic carbocycles. The summed E-state index contributed by atoms with van der Waals surface area (Å²) in [5, 5.41) is 12.5. The molecule has 2 rings (SSSR count). The average molecular weight is 237 g/mol. The molecular weight excluding hydrogens is 226 g/mol. The Labute approximate surface area is 96.5 Å². The second-order valence-electron chi connectivity index (χ2n) is 3.20. The fraction of sp³-hybridized carbons (Fsp3) is 0.300. The van der Waals surface area contributed by atoms with Gasteiger partial charge in [-0.3, -0.25) is 4.79 Å². The van der Waals surface area contributed by atoms with Crippen LogP contribution in [0.15, 0.2) is 22.8 Å². The molecule has 0 spiro atoms. The quantitative estimate of drug-likeness (QED) is 0.873. The van der Waals surface area contributed by atoms with Crippen LogP contribution in [0.5, 0.6) is 0 Å². The minimum atomic E-state index is -0.203. The molecule has 2 heterocycles. The number of amides is 1. The molecule has 0 radical (unpaired) electrons. The lowest BCUT2D eigenvalue weighted by Crippen LogP contribution is -2.25. The number of aryl methyl sites for hydroxylation is 1. The smallest absolute Gasteiger partial charge is 0.286 e. The van der Waals surface area contributed by atoms with Crippen molar-refractivity contribution in [1.82, 2.24) is 15.5 Å². The van der Waals surface area contributed by atoms with Crippen LogP contribution in [0, 0.1) is 6.92 Å². The van der Waals surface area contributed by atoms with Gasteiger partial charge in [0.1, 0.15) is 10.0 Å². The SMILES string of the molecule is Cc1nnc(CCNC(=O)c2ccco2)s1. The van der Waals surface area contributed by atoms with Crippen molar-refractivity contribution in [3.05, 3.63) is 34.2 Å². The number of nitrogens with one attached hydrogen (secondary N) is 1. The summed E-state index contributed by atoms with van der Waals surface area (Å²) >= 11 is 1.54. The van der Waals surface area contributed by atoms with E-state index >= 15 is 0 Å². The van der Waals surface area contributed by atoms with E-state index in [9.17, 15) is 4.79 Å². The Hall–Kier alpha value is -1.69. The van der Waals surface area contributed by atoms with Gasteiger partial charge in [0, 0.05) is 13.0 Å². The van der Waals surface area contributed by atoms with E-state index < -0.39 is 0 Å². The Morgan fingerprint density at radius 1 is 1.56 bits per heavy atom. The maximum absolute atomic E-state index is 11.5. The van der Waals surface area contributed by atoms with Crippen LogP contribution in [0.1, 0.15) is 20.6 Å². The Bertz CT molecular complexity index is 464. The molecule has 0 aromatic carbocycles. The Balaban J connectivity index is 1.78. The molecule has 0 aliphatic heterocycles. The van der Waals surface area contributed by atoms with Crippen LogP contribution >= 0.6 is 11.3 Å². The van der Waals surface area contributed by atoms with Crippen molar-refractivity contribution in [1.29, 1.82) is 0 Å². The standard InChI is InChI=1S/C10H11N3O2S/c1-7-12-13-9(16-7)4-5-11-10(14)8-3-2-6-15-8/h2-3,6H,4-5H2,1H3,(H,11,14). The molecule has 6 heteroatoms. The van der Waals surface area contributed by atoms with Gasteiger partial charge < -0.3 is 9.73 Å². The van der Waals surface area contributed by atoms with Crippen LogP contribution in [0.25, 0.3) is 0 Å². The summed E-state index contributed by atoms with van der Waals surface area (Å²) in [6.45, 7) is 2.44. The summed E-state index contributed by atoms with van der Waals surface area (Å²) in [6, 6.07) is 3.31. The molecule has 0 atom stereocenters. The minimum Gasteiger partial charge on any atom is -0.459 e. The summed E-state index contributed by atoms with van der Waals surface area (Å²) in [5.41, 5.74) is 0. The van der Waals surface area contributed by atoms with E-state index in [1.165, 1.54) is 17.6 Å². The van der Waals surface area contributed by atoms with Crippen LogP contribution in [0.3, 0.4) is 0 Å². The summed E-state index contributed by atoms with van der Waals surface area (Å²) in [6.07, 6.45) is 2.17. The van der Waals surface area contributed by atoms with Crippen molar-refractivity contribution in [3.8, 4) is 0 Å². The first kappa shape index (κ1) is 10.8. The van der Waals surface area contributed by atoms with Crippen LogP contribution in [-0.4, -0.2) is 22.6 Å². The second-order valence-corrected chi connectivity index (χ2v) is 4.46. The molecule has 5 nitrogen and oxygen atoms in total. The largest absolute Gasteiger partial charge is 0.459 e. The fourth-order valence-electron chi connectivity index (χ4n) is 1.22. The van der Waals surface area contributed by atoms with Crippen molar-refractivity contribution in [2.75, 3.05) is 6.54 Å². The molecule has 0 saturated carbocycles. The summed E-state index contributed by atoms with van der Waals surface area (Å²) < 4.78 is 4.96. The van der Waals surface area contributed by atoms with Gasteiger partial charge in [0.05, 0.1) is 6.26 Å². The third kappa shape index (κ3) is 2.66. The normalized spacial score (nSPS) is 10.3. The first-order chi connectivity index (χ1) is 7.75. The van der Waals surface area contributed by atoms with E-state index in [-0.39, 0.29) is 5.91 Å². The van der Waals surface area contributed by atoms with Crippen LogP contribution in [0.2, 0.25) is 0 Å². The van der Waals surface area contributed by atoms with Crippen molar-refractivity contribution in [3.63, 3.8) is 0 Å². The number of furan rings is 1. The Kier molecular flexibility index (Phi) is 3.31. The highest BCUT2D eigenvalue weighted by molar-refractivity contribution is 7.11. The van der Waals surface area contributed by atoms with Crippen molar-refractivity contribution in [2.24, 2.45) is 0 Å². The first-order valence-corrected chi connectivity index (χ1v) is 5.68. The number of carbonyl (C=O) groups excluding carboxylic acids is 1. The minimum absolute atomic E-state index is 0.203. The number of aromatic nitrogens is 2. The summed E-state index contributed by atoms with van der Waals surface area (Å²) in [7, 11) is 0. The zero-order valence-electron chi connectivity index (χ0n) is 8.77. The van der Waals surface area contributed by atoms with E-state index in [2.05, 4.69) is 15.5 Å². The number of hydrogen-bond acceptors (Lipinski definition) is 5. The number of hydrogen-bond donors (Lipinski definition) is 1. The van der Waals surface area contributed by atoms with E-state index in [0.717, 1.165) is 10.0 Å². The van der Waals surface area contributed by atoms with E-state index in [1.54, 1.807) is 12.1 Å². The van der Waals surface area contributed by atoms with E-state index in [0.29, 0.717) is 18.7 Å². The predicted octanol–water partition coefficient (Wildman–Crippen LogP) is 1.41. The topological polar surface area (TPSA) is 68.0 Å². The maximum atomic E-state index is 11.5. The highest BCUT2D eigenvalue weighted by atomic mass is 32.1. The number of carbonyl (C=O) groups is 1. The Morgan fingerprint density at radius 2 is 2.44 bits per heavy atom. The molecule has 2 aromatic rings. The molecule has 84 valence electrons. The van der Waals surface area contributed by atoms with Crippen LogP contribution in [0.4, 0.5) is 0 Å². The van der Waals surface area contributed by atoms with Crippen LogP contribution < -0.4 is 5.32 Å². The number of nitrogens with zero attached hydrogens (tertiary/aromatic N) is 2. The average Bonchev–Trinajstić information content (AvgIpc) is 2.89. The van der Waals surface area contributed by atoms with E-state index in [4.69, 9.17) is 4.42 Å². The molecule has 0 saturated heterocycles. The van der Waals surface area contributed by atoms with Crippen LogP contribution in [-0.2, 0) is 6.42 Å². The number of rotatable bonds is 4. The predicted molar refractivity (Wildman–Crippen MR) is 59.4 cm³/mol. The lowest BCUT2D eigenvalue weighted by Gasteiger charge is -1.99. The second kappa shape index (κ2) is 4.89. The van der Waals surface area contributed by atoms with Gasteiger partial charge >= 0.3 is 0 Å². The van der Waals surface area contributed by atoms with Gasteiger partial charge in [-0.1, -0.05) is 0 Å². The molecule has 0 unspecified atom stereocenters. The molecule has 1 N–H and O–H groups in total. The maximum Gasteiger partial charge on any atom is 0.286 e. The third-order valence-corrected chi connectivity index (χ3v) is 2.84. The zero-order valence-corrected chi connectivity index (χ0v) is 9.58. The van der Waals surface area contributed by atoms with Crippen molar-refractivity contribution < 1.29 is 9.21 Å². The molecule has 16 heavy (non-hydrogen) atoms. The highest BCUT2D eigenvalue weighted by Crippen LogP contribution is 2.07. The van der Waals surface area contributed by atoms with Gasteiger partial charge in [-0.05, 0) is 19.1 Å². The lowest BCUT2D eigenvalue weighted by atomic mass is 10.4. The molecule has 0 fully saturated rings. The van der Waals surface area contributed by atoms with Crippen molar-refractivity contribution in [2.45, 2.75) is 13.3 Å². The Morgan fingerprint density at radius 3 is 3.06 bits per heavy atom. The first-order valence-electron chi connectivity index (χ1n) is 4.86. The van der Waals surface area contributed by atoms with E-state index in [1.807, 2.05) is 6.92 Å². The van der Waals surface area contributed by atoms with Gasteiger partial charge in [0.25, 0.3) is 5.91 Å².